The smallest absolute Gasteiger partial charge is 0.234 e. The highest BCUT2D eigenvalue weighted by atomic mass is 16.3. The van der Waals surface area contributed by atoms with Crippen molar-refractivity contribution >= 4 is 17.4 Å². The van der Waals surface area contributed by atoms with Crippen molar-refractivity contribution in [3.63, 3.8) is 0 Å². The van der Waals surface area contributed by atoms with Crippen LogP contribution >= 0.6 is 0 Å². The number of benzene rings is 2. The van der Waals surface area contributed by atoms with Crippen LogP contribution in [0, 0.1) is 0 Å². The lowest BCUT2D eigenvalue weighted by atomic mass is 10.1. The van der Waals surface area contributed by atoms with Crippen LogP contribution < -0.4 is 5.32 Å². The lowest BCUT2D eigenvalue weighted by molar-refractivity contribution is -0.115. The molecule has 0 aliphatic rings. The van der Waals surface area contributed by atoms with Crippen LogP contribution in [0.25, 0.3) is 28.5 Å². The van der Waals surface area contributed by atoms with Gasteiger partial charge in [-0.05, 0) is 30.3 Å². The van der Waals surface area contributed by atoms with E-state index in [1.165, 1.54) is 6.26 Å². The van der Waals surface area contributed by atoms with Gasteiger partial charge in [0.05, 0.1) is 17.8 Å². The molecular weight excluding hydrogens is 378 g/mol. The predicted molar refractivity (Wildman–Crippen MR) is 113 cm³/mol. The van der Waals surface area contributed by atoms with E-state index in [1.807, 2.05) is 77.5 Å². The average Bonchev–Trinajstić information content (AvgIpc) is 3.42. The molecule has 0 saturated heterocycles. The summed E-state index contributed by atoms with van der Waals surface area (Å²) in [5.41, 5.74) is 3.93. The fraction of sp³-hybridized carbons (Fsp3) is 0.0435. The van der Waals surface area contributed by atoms with Gasteiger partial charge in [0.25, 0.3) is 0 Å². The fourth-order valence-electron chi connectivity index (χ4n) is 3.16. The van der Waals surface area contributed by atoms with E-state index in [9.17, 15) is 4.79 Å². The van der Waals surface area contributed by atoms with Crippen molar-refractivity contribution in [2.24, 2.45) is 0 Å². The quantitative estimate of drug-likeness (QED) is 0.481. The molecule has 0 aliphatic carbocycles. The zero-order valence-electron chi connectivity index (χ0n) is 15.9. The van der Waals surface area contributed by atoms with Gasteiger partial charge in [-0.1, -0.05) is 30.3 Å². The van der Waals surface area contributed by atoms with Crippen LogP contribution in [-0.4, -0.2) is 25.3 Å². The van der Waals surface area contributed by atoms with Gasteiger partial charge in [0, 0.05) is 35.4 Å². The fourth-order valence-corrected chi connectivity index (χ4v) is 3.16. The third-order valence-electron chi connectivity index (χ3n) is 4.61. The Hall–Kier alpha value is -4.26. The number of oxazole rings is 1. The van der Waals surface area contributed by atoms with Crippen molar-refractivity contribution in [3.05, 3.63) is 91.2 Å². The lowest BCUT2D eigenvalue weighted by Crippen LogP contribution is -2.14. The van der Waals surface area contributed by atoms with E-state index in [0.29, 0.717) is 23.0 Å². The van der Waals surface area contributed by atoms with Crippen LogP contribution in [0.2, 0.25) is 0 Å². The highest BCUT2D eigenvalue weighted by Gasteiger charge is 2.11. The van der Waals surface area contributed by atoms with Crippen LogP contribution in [0.4, 0.5) is 5.69 Å². The maximum Gasteiger partial charge on any atom is 0.234 e. The van der Waals surface area contributed by atoms with E-state index in [4.69, 9.17) is 4.42 Å². The van der Waals surface area contributed by atoms with Gasteiger partial charge in [-0.25, -0.2) is 15.0 Å². The Bertz CT molecular complexity index is 1270. The molecule has 1 N–H and O–H groups in total. The standard InChI is InChI=1S/C23H17N5O2/c29-21(13-19-15-30-22(26-19)17-5-2-1-3-6-17)25-18-9-7-16(8-10-18)20-14-28-12-4-11-24-23(28)27-20/h1-12,14-15H,13H2,(H,25,29). The summed E-state index contributed by atoms with van der Waals surface area (Å²) in [7, 11) is 0. The van der Waals surface area contributed by atoms with E-state index in [0.717, 1.165) is 16.8 Å². The topological polar surface area (TPSA) is 85.3 Å². The molecule has 5 aromatic rings. The highest BCUT2D eigenvalue weighted by molar-refractivity contribution is 5.92. The van der Waals surface area contributed by atoms with E-state index < -0.39 is 0 Å². The number of anilines is 1. The molecule has 3 heterocycles. The van der Waals surface area contributed by atoms with Crippen molar-refractivity contribution in [2.45, 2.75) is 6.42 Å². The van der Waals surface area contributed by atoms with Gasteiger partial charge in [0.1, 0.15) is 6.26 Å². The number of hydrogen-bond acceptors (Lipinski definition) is 5. The molecule has 0 atom stereocenters. The molecule has 5 rings (SSSR count). The van der Waals surface area contributed by atoms with Crippen molar-refractivity contribution in [3.8, 4) is 22.7 Å². The number of fused-ring (bicyclic) bond motifs is 1. The van der Waals surface area contributed by atoms with Gasteiger partial charge >= 0.3 is 0 Å². The molecule has 7 nitrogen and oxygen atoms in total. The minimum Gasteiger partial charge on any atom is -0.444 e. The van der Waals surface area contributed by atoms with Crippen molar-refractivity contribution < 1.29 is 9.21 Å². The maximum absolute atomic E-state index is 12.4. The molecule has 0 saturated carbocycles. The van der Waals surface area contributed by atoms with E-state index in [-0.39, 0.29) is 12.3 Å². The minimum atomic E-state index is -0.160. The first-order valence-electron chi connectivity index (χ1n) is 9.44. The molecular formula is C23H17N5O2. The Kier molecular flexibility index (Phi) is 4.53. The molecule has 0 fully saturated rings. The zero-order chi connectivity index (χ0) is 20.3. The Morgan fingerprint density at radius 3 is 2.60 bits per heavy atom. The van der Waals surface area contributed by atoms with E-state index >= 15 is 0 Å². The normalized spacial score (nSPS) is 10.9. The van der Waals surface area contributed by atoms with Crippen molar-refractivity contribution in [1.82, 2.24) is 19.4 Å². The minimum absolute atomic E-state index is 0.135. The molecule has 0 spiro atoms. The van der Waals surface area contributed by atoms with Gasteiger partial charge in [0.2, 0.25) is 17.6 Å². The van der Waals surface area contributed by atoms with E-state index in [1.54, 1.807) is 6.20 Å². The second kappa shape index (κ2) is 7.63. The summed E-state index contributed by atoms with van der Waals surface area (Å²) in [4.78, 5) is 25.5. The van der Waals surface area contributed by atoms with Crippen LogP contribution in [0.1, 0.15) is 5.69 Å². The summed E-state index contributed by atoms with van der Waals surface area (Å²) in [6.07, 6.45) is 7.19. The molecule has 1 amide bonds. The summed E-state index contributed by atoms with van der Waals surface area (Å²) in [5, 5.41) is 2.89. The first-order chi connectivity index (χ1) is 14.7. The van der Waals surface area contributed by atoms with Gasteiger partial charge in [-0.2, -0.15) is 0 Å². The third-order valence-corrected chi connectivity index (χ3v) is 4.61. The number of nitrogens with zero attached hydrogens (tertiary/aromatic N) is 4. The summed E-state index contributed by atoms with van der Waals surface area (Å²) in [6.45, 7) is 0. The first kappa shape index (κ1) is 17.8. The zero-order valence-corrected chi connectivity index (χ0v) is 15.9. The third kappa shape index (κ3) is 3.68. The van der Waals surface area contributed by atoms with E-state index in [2.05, 4.69) is 20.3 Å². The summed E-state index contributed by atoms with van der Waals surface area (Å²) in [6, 6.07) is 19.0. The maximum atomic E-state index is 12.4. The summed E-state index contributed by atoms with van der Waals surface area (Å²) in [5.74, 6) is 0.990. The number of hydrogen-bond donors (Lipinski definition) is 1. The SMILES string of the molecule is O=C(Cc1coc(-c2ccccc2)n1)Nc1ccc(-c2cn3cccnc3n2)cc1. The van der Waals surface area contributed by atoms with Crippen LogP contribution in [0.15, 0.2) is 89.9 Å². The highest BCUT2D eigenvalue weighted by Crippen LogP contribution is 2.21. The molecule has 0 aliphatic heterocycles. The Morgan fingerprint density at radius 1 is 0.967 bits per heavy atom. The van der Waals surface area contributed by atoms with Crippen molar-refractivity contribution in [1.29, 1.82) is 0 Å². The van der Waals surface area contributed by atoms with Gasteiger partial charge < -0.3 is 9.73 Å². The largest absolute Gasteiger partial charge is 0.444 e. The molecule has 0 unspecified atom stereocenters. The van der Waals surface area contributed by atoms with Crippen LogP contribution in [-0.2, 0) is 11.2 Å². The second-order valence-electron chi connectivity index (χ2n) is 6.77. The first-order valence-corrected chi connectivity index (χ1v) is 9.44. The Morgan fingerprint density at radius 2 is 1.80 bits per heavy atom. The summed E-state index contributed by atoms with van der Waals surface area (Å²) >= 11 is 0. The number of carbonyl (C=O) groups is 1. The molecule has 2 aromatic carbocycles. The second-order valence-corrected chi connectivity index (χ2v) is 6.77. The number of rotatable bonds is 5. The molecule has 0 radical (unpaired) electrons. The monoisotopic (exact) mass is 395 g/mol. The lowest BCUT2D eigenvalue weighted by Gasteiger charge is -2.04. The predicted octanol–water partition coefficient (Wildman–Crippen LogP) is 4.23. The molecule has 0 bridgehead atoms. The molecule has 30 heavy (non-hydrogen) atoms. The van der Waals surface area contributed by atoms with Crippen LogP contribution in [0.3, 0.4) is 0 Å². The molecule has 7 heteroatoms. The number of nitrogens with one attached hydrogen (secondary N) is 1. The molecule has 146 valence electrons. The number of carbonyl (C=O) groups excluding carboxylic acids is 1. The van der Waals surface area contributed by atoms with Gasteiger partial charge in [-0.3, -0.25) is 9.20 Å². The van der Waals surface area contributed by atoms with Gasteiger partial charge in [-0.15, -0.1) is 0 Å². The van der Waals surface area contributed by atoms with Crippen molar-refractivity contribution in [2.75, 3.05) is 5.32 Å². The van der Waals surface area contributed by atoms with Crippen LogP contribution in [0.5, 0.6) is 0 Å². The average molecular weight is 395 g/mol. The Labute approximate surface area is 172 Å². The van der Waals surface area contributed by atoms with Gasteiger partial charge in [0.15, 0.2) is 0 Å². The number of amides is 1. The molecule has 3 aromatic heterocycles. The number of imidazole rings is 1. The summed E-state index contributed by atoms with van der Waals surface area (Å²) < 4.78 is 7.35. The number of aromatic nitrogens is 4. The Balaban J connectivity index is 1.25.